The molecule has 0 fully saturated rings. The van der Waals surface area contributed by atoms with E-state index in [1.165, 1.54) is 22.3 Å². The first-order chi connectivity index (χ1) is 12.6. The number of urea groups is 1. The van der Waals surface area contributed by atoms with Gasteiger partial charge in [0.05, 0.1) is 0 Å². The van der Waals surface area contributed by atoms with E-state index in [1.807, 2.05) is 19.0 Å². The van der Waals surface area contributed by atoms with Crippen LogP contribution in [0, 0.1) is 0 Å². The molecule has 0 saturated heterocycles. The maximum atomic E-state index is 12.5. The van der Waals surface area contributed by atoms with Gasteiger partial charge in [0.2, 0.25) is 0 Å². The Morgan fingerprint density at radius 1 is 1.07 bits per heavy atom. The summed E-state index contributed by atoms with van der Waals surface area (Å²) in [4.78, 5) is 14.4. The third-order valence-electron chi connectivity index (χ3n) is 5.06. The van der Waals surface area contributed by atoms with Crippen LogP contribution < -0.4 is 14.8 Å². The predicted octanol–water partition coefficient (Wildman–Crippen LogP) is 1.58. The summed E-state index contributed by atoms with van der Waals surface area (Å²) in [7, 11) is -0.235. The molecule has 9 heteroatoms. The molecule has 1 aromatic rings. The average molecular weight is 434 g/mol. The fourth-order valence-electron chi connectivity index (χ4n) is 4.44. The van der Waals surface area contributed by atoms with Gasteiger partial charge >= 0.3 is 16.2 Å². The van der Waals surface area contributed by atoms with Crippen LogP contribution in [0.25, 0.3) is 0 Å². The SMILES string of the molecule is CN(C)CC(C)(C)NS(=O)(=O)NC(=O)Nc1c2c(cc3c1CCC3)CCC2.[K]. The number of rotatable bonds is 6. The van der Waals surface area contributed by atoms with Crippen molar-refractivity contribution < 1.29 is 13.2 Å². The largest absolute Gasteiger partial charge is 0.333 e. The summed E-state index contributed by atoms with van der Waals surface area (Å²) in [5, 5.41) is 2.85. The van der Waals surface area contributed by atoms with Gasteiger partial charge < -0.3 is 10.2 Å². The molecule has 151 valence electrons. The fraction of sp³-hybridized carbons (Fsp3) is 0.632. The standard InChI is InChI=1S/C19H30N4O3S.K/c1-19(2,12-23(3)4)22-27(25,26)21-18(24)20-17-15-9-5-7-13(15)11-14-8-6-10-16(14)17;/h11,22H,5-10,12H2,1-4H3,(H2,20,21,24);. The van der Waals surface area contributed by atoms with Gasteiger partial charge in [-0.2, -0.15) is 13.1 Å². The molecule has 0 atom stereocenters. The minimum atomic E-state index is -3.97. The Labute approximate surface area is 211 Å². The first kappa shape index (κ1) is 24.3. The maximum Gasteiger partial charge on any atom is 0.333 e. The number of hydrogen-bond acceptors (Lipinski definition) is 4. The Morgan fingerprint density at radius 2 is 1.61 bits per heavy atom. The molecule has 3 rings (SSSR count). The van der Waals surface area contributed by atoms with Crippen LogP contribution in [0.15, 0.2) is 6.07 Å². The molecule has 7 nitrogen and oxygen atoms in total. The molecule has 0 unspecified atom stereocenters. The van der Waals surface area contributed by atoms with Gasteiger partial charge in [0.25, 0.3) is 0 Å². The summed E-state index contributed by atoms with van der Waals surface area (Å²) in [6.07, 6.45) is 6.06. The monoisotopic (exact) mass is 433 g/mol. The van der Waals surface area contributed by atoms with E-state index >= 15 is 0 Å². The Balaban J connectivity index is 0.00000280. The summed E-state index contributed by atoms with van der Waals surface area (Å²) in [6.45, 7) is 4.07. The molecule has 2 aliphatic rings. The van der Waals surface area contributed by atoms with E-state index in [-0.39, 0.29) is 51.4 Å². The number of nitrogens with zero attached hydrogens (tertiary/aromatic N) is 1. The van der Waals surface area contributed by atoms with Crippen molar-refractivity contribution in [3.8, 4) is 0 Å². The first-order valence-corrected chi connectivity index (χ1v) is 11.0. The molecule has 3 N–H and O–H groups in total. The number of likely N-dealkylation sites (N-methyl/N-ethyl adjacent to an activating group) is 1. The van der Waals surface area contributed by atoms with Crippen molar-refractivity contribution in [1.82, 2.24) is 14.3 Å². The number of amides is 2. The zero-order chi connectivity index (χ0) is 19.8. The van der Waals surface area contributed by atoms with Crippen LogP contribution in [0.4, 0.5) is 10.5 Å². The minimum Gasteiger partial charge on any atom is -0.308 e. The van der Waals surface area contributed by atoms with Crippen molar-refractivity contribution in [3.63, 3.8) is 0 Å². The van der Waals surface area contributed by atoms with Gasteiger partial charge in [-0.25, -0.2) is 9.52 Å². The maximum absolute atomic E-state index is 12.5. The predicted molar refractivity (Wildman–Crippen MR) is 113 cm³/mol. The number of nitrogens with one attached hydrogen (secondary N) is 3. The fourth-order valence-corrected chi connectivity index (χ4v) is 5.58. The van der Waals surface area contributed by atoms with E-state index in [4.69, 9.17) is 0 Å². The van der Waals surface area contributed by atoms with Gasteiger partial charge in [0.15, 0.2) is 0 Å². The molecule has 0 saturated carbocycles. The molecule has 0 spiro atoms. The molecule has 2 aliphatic carbocycles. The minimum absolute atomic E-state index is 0. The van der Waals surface area contributed by atoms with Crippen molar-refractivity contribution in [2.75, 3.05) is 26.0 Å². The van der Waals surface area contributed by atoms with Crippen LogP contribution in [0.3, 0.4) is 0 Å². The number of benzene rings is 1. The van der Waals surface area contributed by atoms with Crippen LogP contribution >= 0.6 is 0 Å². The number of carbonyl (C=O) groups excluding carboxylic acids is 1. The van der Waals surface area contributed by atoms with Crippen LogP contribution in [0.1, 0.15) is 48.9 Å². The summed E-state index contributed by atoms with van der Waals surface area (Å²) >= 11 is 0. The van der Waals surface area contributed by atoms with Crippen molar-refractivity contribution in [3.05, 3.63) is 28.3 Å². The average Bonchev–Trinajstić information content (AvgIpc) is 3.11. The smallest absolute Gasteiger partial charge is 0.308 e. The van der Waals surface area contributed by atoms with Crippen LogP contribution in [-0.2, 0) is 35.9 Å². The molecule has 28 heavy (non-hydrogen) atoms. The molecular formula is C19H30KN4O3S. The van der Waals surface area contributed by atoms with Crippen molar-refractivity contribution in [2.45, 2.75) is 57.9 Å². The van der Waals surface area contributed by atoms with Crippen molar-refractivity contribution in [1.29, 1.82) is 0 Å². The Hall–Kier alpha value is -0.00364. The summed E-state index contributed by atoms with van der Waals surface area (Å²) in [5.41, 5.74) is 5.05. The van der Waals surface area contributed by atoms with E-state index in [1.54, 1.807) is 13.8 Å². The molecule has 2 amide bonds. The van der Waals surface area contributed by atoms with E-state index in [0.717, 1.165) is 44.2 Å². The van der Waals surface area contributed by atoms with E-state index in [9.17, 15) is 13.2 Å². The number of hydrogen-bond donors (Lipinski definition) is 3. The van der Waals surface area contributed by atoms with Crippen LogP contribution in [0.5, 0.6) is 0 Å². The first-order valence-electron chi connectivity index (χ1n) is 9.50. The summed E-state index contributed by atoms with van der Waals surface area (Å²) in [5.74, 6) is 0. The Bertz CT molecular complexity index is 821. The topological polar surface area (TPSA) is 90.5 Å². The van der Waals surface area contributed by atoms with Crippen LogP contribution in [-0.4, -0.2) is 96.9 Å². The van der Waals surface area contributed by atoms with Crippen LogP contribution in [0.2, 0.25) is 0 Å². The van der Waals surface area contributed by atoms with Gasteiger partial charge in [-0.1, -0.05) is 6.07 Å². The normalized spacial score (nSPS) is 15.8. The number of aryl methyl sites for hydroxylation is 2. The number of fused-ring (bicyclic) bond motifs is 2. The zero-order valence-corrected chi connectivity index (χ0v) is 21.5. The number of carbonyl (C=O) groups is 1. The third-order valence-corrected chi connectivity index (χ3v) is 6.34. The third kappa shape index (κ3) is 6.01. The zero-order valence-electron chi connectivity index (χ0n) is 17.6. The van der Waals surface area contributed by atoms with Gasteiger partial charge in [0.1, 0.15) is 0 Å². The number of anilines is 1. The molecule has 0 heterocycles. The summed E-state index contributed by atoms with van der Waals surface area (Å²) < 4.78 is 29.4. The second-order valence-corrected chi connectivity index (χ2v) is 9.93. The van der Waals surface area contributed by atoms with Crippen molar-refractivity contribution in [2.24, 2.45) is 0 Å². The summed E-state index contributed by atoms with van der Waals surface area (Å²) in [6, 6.07) is 1.56. The molecule has 0 bridgehead atoms. The molecular weight excluding hydrogens is 403 g/mol. The van der Waals surface area contributed by atoms with Crippen molar-refractivity contribution >= 4 is 73.3 Å². The molecule has 0 aromatic heterocycles. The Kier molecular flexibility index (Phi) is 8.17. The van der Waals surface area contributed by atoms with E-state index < -0.39 is 21.8 Å². The van der Waals surface area contributed by atoms with Gasteiger partial charge in [-0.3, -0.25) is 0 Å². The molecule has 1 radical (unpaired) electrons. The molecule has 0 aliphatic heterocycles. The second kappa shape index (κ2) is 9.43. The van der Waals surface area contributed by atoms with E-state index in [0.29, 0.717) is 6.54 Å². The van der Waals surface area contributed by atoms with Gasteiger partial charge in [-0.05, 0) is 88.7 Å². The molecule has 1 aromatic carbocycles. The second-order valence-electron chi connectivity index (χ2n) is 8.52. The Morgan fingerprint density at radius 3 is 2.11 bits per heavy atom. The van der Waals surface area contributed by atoms with Gasteiger partial charge in [0, 0.05) is 69.2 Å². The van der Waals surface area contributed by atoms with Gasteiger partial charge in [-0.15, -0.1) is 0 Å². The van der Waals surface area contributed by atoms with E-state index in [2.05, 4.69) is 20.8 Å². The quantitative estimate of drug-likeness (QED) is 0.594.